The quantitative estimate of drug-likeness (QED) is 0.915. The second kappa shape index (κ2) is 5.00. The zero-order chi connectivity index (χ0) is 13.4. The second-order valence-electron chi connectivity index (χ2n) is 5.71. The van der Waals surface area contributed by atoms with Crippen LogP contribution in [0.25, 0.3) is 11.2 Å². The third kappa shape index (κ3) is 2.54. The molecule has 1 aliphatic rings. The van der Waals surface area contributed by atoms with Crippen LogP contribution < -0.4 is 5.73 Å². The number of imidazole rings is 1. The van der Waals surface area contributed by atoms with Crippen molar-refractivity contribution in [2.24, 2.45) is 11.8 Å². The van der Waals surface area contributed by atoms with Crippen molar-refractivity contribution in [2.45, 2.75) is 39.2 Å². The Balaban J connectivity index is 1.89. The minimum Gasteiger partial charge on any atom is -0.369 e. The Bertz CT molecular complexity index is 592. The lowest BCUT2D eigenvalue weighted by Crippen LogP contribution is -2.19. The highest BCUT2D eigenvalue weighted by molar-refractivity contribution is 6.31. The Hall–Kier alpha value is -1.29. The largest absolute Gasteiger partial charge is 0.369 e. The van der Waals surface area contributed by atoms with E-state index in [0.717, 1.165) is 23.6 Å². The van der Waals surface area contributed by atoms with Gasteiger partial charge in [0, 0.05) is 12.7 Å². The smallest absolute Gasteiger partial charge is 0.202 e. The number of hydrogen-bond acceptors (Lipinski definition) is 3. The molecule has 1 aliphatic carbocycles. The van der Waals surface area contributed by atoms with Gasteiger partial charge in [0.15, 0.2) is 5.65 Å². The number of nitrogens with two attached hydrogens (primary N) is 1. The van der Waals surface area contributed by atoms with Crippen LogP contribution in [-0.2, 0) is 6.54 Å². The van der Waals surface area contributed by atoms with E-state index in [0.29, 0.717) is 16.9 Å². The van der Waals surface area contributed by atoms with Crippen LogP contribution in [0.5, 0.6) is 0 Å². The van der Waals surface area contributed by atoms with Gasteiger partial charge in [0.05, 0.1) is 5.02 Å². The number of anilines is 1. The molecule has 0 bridgehead atoms. The molecule has 0 amide bonds. The van der Waals surface area contributed by atoms with Crippen LogP contribution in [0, 0.1) is 11.8 Å². The highest BCUT2D eigenvalue weighted by Crippen LogP contribution is 2.31. The third-order valence-electron chi connectivity index (χ3n) is 4.07. The minimum atomic E-state index is 0.544. The number of rotatable bonds is 2. The van der Waals surface area contributed by atoms with E-state index < -0.39 is 0 Å². The average Bonchev–Trinajstić information content (AvgIpc) is 2.65. The van der Waals surface area contributed by atoms with Crippen molar-refractivity contribution in [3.8, 4) is 0 Å². The van der Waals surface area contributed by atoms with Crippen LogP contribution >= 0.6 is 11.6 Å². The summed E-state index contributed by atoms with van der Waals surface area (Å²) in [6.07, 6.45) is 6.87. The topological polar surface area (TPSA) is 56.7 Å². The number of nitrogen functional groups attached to an aromatic ring is 1. The molecule has 1 saturated carbocycles. The maximum Gasteiger partial charge on any atom is 0.202 e. The number of nitrogens with zero attached hydrogens (tertiary/aromatic N) is 3. The van der Waals surface area contributed by atoms with Crippen LogP contribution in [0.2, 0.25) is 5.02 Å². The summed E-state index contributed by atoms with van der Waals surface area (Å²) >= 11 is 5.94. The number of halogens is 1. The van der Waals surface area contributed by atoms with Crippen LogP contribution in [0.4, 0.5) is 5.95 Å². The van der Waals surface area contributed by atoms with E-state index in [1.54, 1.807) is 6.20 Å². The van der Waals surface area contributed by atoms with Crippen LogP contribution in [-0.4, -0.2) is 14.5 Å². The summed E-state index contributed by atoms with van der Waals surface area (Å²) in [6, 6.07) is 1.82. The molecule has 0 spiro atoms. The monoisotopic (exact) mass is 278 g/mol. The molecular formula is C14H19ClN4. The van der Waals surface area contributed by atoms with Crippen molar-refractivity contribution in [1.82, 2.24) is 14.5 Å². The first-order chi connectivity index (χ1) is 9.13. The summed E-state index contributed by atoms with van der Waals surface area (Å²) in [6.45, 7) is 3.25. The molecular weight excluding hydrogens is 260 g/mol. The van der Waals surface area contributed by atoms with E-state index in [1.165, 1.54) is 25.7 Å². The van der Waals surface area contributed by atoms with E-state index in [4.69, 9.17) is 17.3 Å². The lowest BCUT2D eigenvalue weighted by Gasteiger charge is -2.27. The zero-order valence-electron chi connectivity index (χ0n) is 11.1. The molecule has 3 rings (SSSR count). The van der Waals surface area contributed by atoms with Gasteiger partial charge in [-0.05, 0) is 30.7 Å². The van der Waals surface area contributed by atoms with Gasteiger partial charge in [-0.3, -0.25) is 4.57 Å². The summed E-state index contributed by atoms with van der Waals surface area (Å²) in [4.78, 5) is 8.73. The minimum absolute atomic E-state index is 0.544. The maximum absolute atomic E-state index is 6.02. The van der Waals surface area contributed by atoms with Gasteiger partial charge in [-0.2, -0.15) is 0 Å². The predicted octanol–water partition coefficient (Wildman–Crippen LogP) is 3.49. The summed E-state index contributed by atoms with van der Waals surface area (Å²) in [7, 11) is 0. The van der Waals surface area contributed by atoms with Gasteiger partial charge in [0.1, 0.15) is 5.52 Å². The molecule has 0 aliphatic heterocycles. The number of pyridine rings is 1. The van der Waals surface area contributed by atoms with Crippen molar-refractivity contribution < 1.29 is 0 Å². The SMILES string of the molecule is CC1CCCC(Cn2c(N)nc3cc(Cl)cnc32)C1. The van der Waals surface area contributed by atoms with Crippen molar-refractivity contribution in [2.75, 3.05) is 5.73 Å². The Morgan fingerprint density at radius 2 is 2.32 bits per heavy atom. The highest BCUT2D eigenvalue weighted by atomic mass is 35.5. The molecule has 2 heterocycles. The van der Waals surface area contributed by atoms with Gasteiger partial charge >= 0.3 is 0 Å². The van der Waals surface area contributed by atoms with Crippen LogP contribution in [0.1, 0.15) is 32.6 Å². The number of fused-ring (bicyclic) bond motifs is 1. The van der Waals surface area contributed by atoms with Crippen molar-refractivity contribution in [3.05, 3.63) is 17.3 Å². The number of aromatic nitrogens is 3. The molecule has 2 N–H and O–H groups in total. The second-order valence-corrected chi connectivity index (χ2v) is 6.15. The average molecular weight is 279 g/mol. The molecule has 2 aromatic rings. The van der Waals surface area contributed by atoms with Gasteiger partial charge < -0.3 is 5.73 Å². The van der Waals surface area contributed by atoms with E-state index >= 15 is 0 Å². The lowest BCUT2D eigenvalue weighted by atomic mass is 9.82. The lowest BCUT2D eigenvalue weighted by molar-refractivity contribution is 0.259. The summed E-state index contributed by atoms with van der Waals surface area (Å²) in [5.41, 5.74) is 7.66. The molecule has 0 radical (unpaired) electrons. The Morgan fingerprint density at radius 3 is 3.11 bits per heavy atom. The van der Waals surface area contributed by atoms with E-state index in [2.05, 4.69) is 16.9 Å². The molecule has 1 fully saturated rings. The Morgan fingerprint density at radius 1 is 1.47 bits per heavy atom. The van der Waals surface area contributed by atoms with Gasteiger partial charge in [0.25, 0.3) is 0 Å². The first kappa shape index (κ1) is 12.7. The van der Waals surface area contributed by atoms with Crippen LogP contribution in [0.3, 0.4) is 0 Å². The maximum atomic E-state index is 6.02. The fraction of sp³-hybridized carbons (Fsp3) is 0.571. The predicted molar refractivity (Wildman–Crippen MR) is 78.1 cm³/mol. The molecule has 0 aromatic carbocycles. The fourth-order valence-electron chi connectivity index (χ4n) is 3.17. The fourth-order valence-corrected chi connectivity index (χ4v) is 3.32. The Labute approximate surface area is 118 Å². The van der Waals surface area contributed by atoms with Crippen LogP contribution in [0.15, 0.2) is 12.3 Å². The first-order valence-electron chi connectivity index (χ1n) is 6.90. The highest BCUT2D eigenvalue weighted by Gasteiger charge is 2.21. The van der Waals surface area contributed by atoms with E-state index in [1.807, 2.05) is 10.6 Å². The van der Waals surface area contributed by atoms with Gasteiger partial charge in [0.2, 0.25) is 5.95 Å². The number of hydrogen-bond donors (Lipinski definition) is 1. The summed E-state index contributed by atoms with van der Waals surface area (Å²) < 4.78 is 2.04. The molecule has 5 heteroatoms. The zero-order valence-corrected chi connectivity index (χ0v) is 11.9. The molecule has 0 saturated heterocycles. The molecule has 2 atom stereocenters. The molecule has 19 heavy (non-hydrogen) atoms. The van der Waals surface area contributed by atoms with Crippen molar-refractivity contribution in [1.29, 1.82) is 0 Å². The van der Waals surface area contributed by atoms with Crippen molar-refractivity contribution in [3.63, 3.8) is 0 Å². The van der Waals surface area contributed by atoms with Gasteiger partial charge in [-0.15, -0.1) is 0 Å². The molecule has 2 aromatic heterocycles. The van der Waals surface area contributed by atoms with Gasteiger partial charge in [-0.25, -0.2) is 9.97 Å². The molecule has 102 valence electrons. The van der Waals surface area contributed by atoms with Gasteiger partial charge in [-0.1, -0.05) is 31.4 Å². The first-order valence-corrected chi connectivity index (χ1v) is 7.28. The van der Waals surface area contributed by atoms with Crippen molar-refractivity contribution >= 4 is 28.7 Å². The van der Waals surface area contributed by atoms with E-state index in [9.17, 15) is 0 Å². The standard InChI is InChI=1S/C14H19ClN4/c1-9-3-2-4-10(5-9)8-19-13-12(18-14(19)16)6-11(15)7-17-13/h6-7,9-10H,2-5,8H2,1H3,(H2,16,18). The Kier molecular flexibility index (Phi) is 3.35. The normalized spacial score (nSPS) is 23.9. The van der Waals surface area contributed by atoms with E-state index in [-0.39, 0.29) is 0 Å². The summed E-state index contributed by atoms with van der Waals surface area (Å²) in [5.74, 6) is 2.04. The summed E-state index contributed by atoms with van der Waals surface area (Å²) in [5, 5.41) is 0.600. The molecule has 2 unspecified atom stereocenters. The molecule has 4 nitrogen and oxygen atoms in total. The third-order valence-corrected chi connectivity index (χ3v) is 4.27.